The number of hydrogen-bond donors (Lipinski definition) is 3. The predicted molar refractivity (Wildman–Crippen MR) is 165 cm³/mol. The van der Waals surface area contributed by atoms with Crippen molar-refractivity contribution in [1.29, 1.82) is 0 Å². The van der Waals surface area contributed by atoms with E-state index in [0.29, 0.717) is 30.8 Å². The fourth-order valence-corrected chi connectivity index (χ4v) is 4.82. The van der Waals surface area contributed by atoms with Crippen molar-refractivity contribution >= 4 is 11.8 Å². The third-order valence-electron chi connectivity index (χ3n) is 7.00. The number of amides is 2. The van der Waals surface area contributed by atoms with Gasteiger partial charge in [-0.1, -0.05) is 57.0 Å². The van der Waals surface area contributed by atoms with E-state index in [2.05, 4.69) is 41.7 Å². The SMILES string of the molecule is CCCN(CCC)C(=O)c1cccc(C(=O)NC#C[C@H](Cc2cc(F)cc(F)c2)[C@@H](O)CNCc2cccc(CC)c2)c1. The molecule has 3 rings (SSSR count). The summed E-state index contributed by atoms with van der Waals surface area (Å²) in [6.45, 7) is 8.07. The minimum atomic E-state index is -0.992. The molecular formula is C35H41F2N3O3. The topological polar surface area (TPSA) is 81.7 Å². The van der Waals surface area contributed by atoms with Gasteiger partial charge in [0.1, 0.15) is 11.6 Å². The van der Waals surface area contributed by atoms with E-state index >= 15 is 0 Å². The zero-order chi connectivity index (χ0) is 31.2. The molecule has 3 aromatic rings. The van der Waals surface area contributed by atoms with Crippen molar-refractivity contribution in [3.63, 3.8) is 0 Å². The van der Waals surface area contributed by atoms with Crippen LogP contribution in [-0.4, -0.2) is 47.6 Å². The number of aliphatic hydroxyl groups is 1. The second-order valence-corrected chi connectivity index (χ2v) is 10.6. The fourth-order valence-electron chi connectivity index (χ4n) is 4.82. The lowest BCUT2D eigenvalue weighted by Gasteiger charge is -2.21. The molecular weight excluding hydrogens is 548 g/mol. The number of hydrogen-bond acceptors (Lipinski definition) is 4. The first-order valence-electron chi connectivity index (χ1n) is 14.9. The Balaban J connectivity index is 1.72. The average molecular weight is 590 g/mol. The Morgan fingerprint density at radius 3 is 2.19 bits per heavy atom. The zero-order valence-corrected chi connectivity index (χ0v) is 25.1. The predicted octanol–water partition coefficient (Wildman–Crippen LogP) is 5.49. The van der Waals surface area contributed by atoms with Gasteiger partial charge in [0, 0.05) is 49.4 Å². The maximum Gasteiger partial charge on any atom is 0.262 e. The number of aliphatic hydroxyl groups excluding tert-OH is 1. The minimum Gasteiger partial charge on any atom is -0.390 e. The molecule has 3 aromatic carbocycles. The van der Waals surface area contributed by atoms with E-state index in [1.807, 2.05) is 26.0 Å². The Kier molecular flexibility index (Phi) is 13.3. The lowest BCUT2D eigenvalue weighted by Crippen LogP contribution is -2.33. The highest BCUT2D eigenvalue weighted by molar-refractivity contribution is 6.00. The van der Waals surface area contributed by atoms with Crippen LogP contribution in [0.2, 0.25) is 0 Å². The Morgan fingerprint density at radius 1 is 0.860 bits per heavy atom. The number of nitrogens with zero attached hydrogens (tertiary/aromatic N) is 1. The fraction of sp³-hybridized carbons (Fsp3) is 0.371. The summed E-state index contributed by atoms with van der Waals surface area (Å²) in [5, 5.41) is 16.7. The maximum absolute atomic E-state index is 13.9. The first kappa shape index (κ1) is 33.4. The molecule has 3 N–H and O–H groups in total. The number of carbonyl (C=O) groups excluding carboxylic acids is 2. The van der Waals surface area contributed by atoms with Crippen molar-refractivity contribution in [3.05, 3.63) is 106 Å². The summed E-state index contributed by atoms with van der Waals surface area (Å²) in [5.41, 5.74) is 3.31. The number of nitrogens with one attached hydrogen (secondary N) is 2. The first-order valence-corrected chi connectivity index (χ1v) is 14.9. The van der Waals surface area contributed by atoms with E-state index in [1.165, 1.54) is 23.8 Å². The molecule has 0 aliphatic carbocycles. The molecule has 2 amide bonds. The molecule has 2 atom stereocenters. The minimum absolute atomic E-state index is 0.0698. The summed E-state index contributed by atoms with van der Waals surface area (Å²) in [5.74, 6) is 0.0629. The van der Waals surface area contributed by atoms with Gasteiger partial charge in [-0.15, -0.1) is 0 Å². The molecule has 6 nitrogen and oxygen atoms in total. The molecule has 0 aromatic heterocycles. The van der Waals surface area contributed by atoms with Crippen LogP contribution in [0.25, 0.3) is 0 Å². The van der Waals surface area contributed by atoms with Crippen molar-refractivity contribution in [2.75, 3.05) is 19.6 Å². The molecule has 0 saturated carbocycles. The number of carbonyl (C=O) groups is 2. The van der Waals surface area contributed by atoms with Gasteiger partial charge in [-0.3, -0.25) is 14.9 Å². The van der Waals surface area contributed by atoms with Crippen LogP contribution in [0, 0.1) is 29.5 Å². The van der Waals surface area contributed by atoms with Gasteiger partial charge in [0.25, 0.3) is 11.8 Å². The normalized spacial score (nSPS) is 12.1. The molecule has 0 saturated heterocycles. The van der Waals surface area contributed by atoms with Crippen molar-refractivity contribution < 1.29 is 23.5 Å². The lowest BCUT2D eigenvalue weighted by atomic mass is 9.94. The molecule has 0 heterocycles. The van der Waals surface area contributed by atoms with Gasteiger partial charge < -0.3 is 15.3 Å². The van der Waals surface area contributed by atoms with Gasteiger partial charge in [-0.2, -0.15) is 0 Å². The van der Waals surface area contributed by atoms with E-state index in [9.17, 15) is 23.5 Å². The summed E-state index contributed by atoms with van der Waals surface area (Å²) in [6.07, 6.45) is 1.66. The maximum atomic E-state index is 13.9. The van der Waals surface area contributed by atoms with Crippen molar-refractivity contribution in [2.24, 2.45) is 5.92 Å². The van der Waals surface area contributed by atoms with Crippen LogP contribution in [0.5, 0.6) is 0 Å². The van der Waals surface area contributed by atoms with E-state index in [0.717, 1.165) is 30.9 Å². The number of rotatable bonds is 14. The number of halogens is 2. The molecule has 0 fully saturated rings. The van der Waals surface area contributed by atoms with E-state index < -0.39 is 29.6 Å². The van der Waals surface area contributed by atoms with Crippen molar-refractivity contribution in [2.45, 2.75) is 59.1 Å². The second-order valence-electron chi connectivity index (χ2n) is 10.6. The van der Waals surface area contributed by atoms with E-state index in [1.54, 1.807) is 23.1 Å². The zero-order valence-electron chi connectivity index (χ0n) is 25.1. The van der Waals surface area contributed by atoms with Gasteiger partial charge >= 0.3 is 0 Å². The van der Waals surface area contributed by atoms with Crippen molar-refractivity contribution in [1.82, 2.24) is 15.5 Å². The molecule has 0 aliphatic rings. The monoisotopic (exact) mass is 589 g/mol. The molecule has 0 unspecified atom stereocenters. The third kappa shape index (κ3) is 10.6. The standard InChI is InChI=1S/C35H41F2N3O3/c1-4-15-40(16-5-2)35(43)30-12-8-11-29(21-30)34(42)39-14-13-28(18-27-19-31(36)22-32(37)20-27)33(41)24-38-23-26-10-7-9-25(6-3)17-26/h7-12,17,19-22,28,33,38,41H,4-6,15-16,18,23-24H2,1-3H3,(H,39,42)/t28-,33+/m1/s1. The molecule has 228 valence electrons. The van der Waals surface area contributed by atoms with Crippen LogP contribution in [-0.2, 0) is 19.4 Å². The van der Waals surface area contributed by atoms with Gasteiger partial charge in [0.05, 0.1) is 12.0 Å². The average Bonchev–Trinajstić information content (AvgIpc) is 2.99. The van der Waals surface area contributed by atoms with Crippen LogP contribution < -0.4 is 10.6 Å². The molecule has 0 spiro atoms. The van der Waals surface area contributed by atoms with E-state index in [-0.39, 0.29) is 24.4 Å². The molecule has 8 heteroatoms. The third-order valence-corrected chi connectivity index (χ3v) is 7.00. The van der Waals surface area contributed by atoms with Crippen LogP contribution in [0.1, 0.15) is 71.0 Å². The quantitative estimate of drug-likeness (QED) is 0.172. The highest BCUT2D eigenvalue weighted by Gasteiger charge is 2.19. The Bertz CT molecular complexity index is 1410. The van der Waals surface area contributed by atoms with Crippen LogP contribution >= 0.6 is 0 Å². The lowest BCUT2D eigenvalue weighted by molar-refractivity contribution is 0.0755. The summed E-state index contributed by atoms with van der Waals surface area (Å²) >= 11 is 0. The molecule has 0 aliphatic heterocycles. The van der Waals surface area contributed by atoms with Crippen LogP contribution in [0.4, 0.5) is 8.78 Å². The molecule has 43 heavy (non-hydrogen) atoms. The van der Waals surface area contributed by atoms with Gasteiger partial charge in [0.15, 0.2) is 0 Å². The highest BCUT2D eigenvalue weighted by Crippen LogP contribution is 2.16. The smallest absolute Gasteiger partial charge is 0.262 e. The summed E-state index contributed by atoms with van der Waals surface area (Å²) in [6, 6.07) is 20.4. The van der Waals surface area contributed by atoms with Crippen LogP contribution in [0.3, 0.4) is 0 Å². The Hall–Kier alpha value is -4.06. The van der Waals surface area contributed by atoms with Crippen molar-refractivity contribution in [3.8, 4) is 12.0 Å². The van der Waals surface area contributed by atoms with Gasteiger partial charge in [0.2, 0.25) is 0 Å². The summed E-state index contributed by atoms with van der Waals surface area (Å²) in [4.78, 5) is 27.7. The summed E-state index contributed by atoms with van der Waals surface area (Å²) in [7, 11) is 0. The summed E-state index contributed by atoms with van der Waals surface area (Å²) < 4.78 is 27.7. The Labute approximate surface area is 253 Å². The highest BCUT2D eigenvalue weighted by atomic mass is 19.1. The van der Waals surface area contributed by atoms with Gasteiger partial charge in [-0.25, -0.2) is 8.78 Å². The largest absolute Gasteiger partial charge is 0.390 e. The number of benzene rings is 3. The first-order chi connectivity index (χ1) is 20.7. The molecule has 0 bridgehead atoms. The Morgan fingerprint density at radius 2 is 1.51 bits per heavy atom. The second kappa shape index (κ2) is 17.2. The van der Waals surface area contributed by atoms with Crippen LogP contribution in [0.15, 0.2) is 66.7 Å². The number of aryl methyl sites for hydroxylation is 1. The molecule has 0 radical (unpaired) electrons. The van der Waals surface area contributed by atoms with Gasteiger partial charge in [-0.05, 0) is 72.7 Å². The van der Waals surface area contributed by atoms with E-state index in [4.69, 9.17) is 0 Å².